The first-order valence-corrected chi connectivity index (χ1v) is 8.11. The molecule has 0 aliphatic heterocycles. The van der Waals surface area contributed by atoms with E-state index >= 15 is 0 Å². The maximum absolute atomic E-state index is 5.69. The van der Waals surface area contributed by atoms with Gasteiger partial charge in [0.1, 0.15) is 18.1 Å². The van der Waals surface area contributed by atoms with Gasteiger partial charge in [-0.1, -0.05) is 12.1 Å². The van der Waals surface area contributed by atoms with Gasteiger partial charge in [0, 0.05) is 6.07 Å². The summed E-state index contributed by atoms with van der Waals surface area (Å²) < 4.78 is 21.5. The quantitative estimate of drug-likeness (QED) is 0.553. The number of hydrogen-bond donors (Lipinski definition) is 2. The summed E-state index contributed by atoms with van der Waals surface area (Å²) in [6.45, 7) is 0.980. The van der Waals surface area contributed by atoms with Crippen LogP contribution in [0.5, 0.6) is 23.0 Å². The Hall–Kier alpha value is -2.67. The number of ether oxygens (including phenoxy) is 4. The van der Waals surface area contributed by atoms with Gasteiger partial charge in [0.15, 0.2) is 16.6 Å². The Morgan fingerprint density at radius 3 is 2.32 bits per heavy atom. The minimum absolute atomic E-state index is 0.442. The lowest BCUT2D eigenvalue weighted by Crippen LogP contribution is -2.32. The minimum atomic E-state index is 0.442. The van der Waals surface area contributed by atoms with Crippen LogP contribution in [-0.2, 0) is 0 Å². The topological polar surface area (TPSA) is 61.0 Å². The second-order valence-electron chi connectivity index (χ2n) is 4.95. The van der Waals surface area contributed by atoms with E-state index in [0.29, 0.717) is 41.3 Å². The summed E-state index contributed by atoms with van der Waals surface area (Å²) in [7, 11) is 4.82. The summed E-state index contributed by atoms with van der Waals surface area (Å²) in [5.74, 6) is 2.78. The highest BCUT2D eigenvalue weighted by atomic mass is 32.1. The molecular formula is C18H22N2O4S. The molecule has 0 bridgehead atoms. The SMILES string of the molecule is COc1ccc(OC)c(NC(=S)NCCOc2ccccc2OC)c1. The third kappa shape index (κ3) is 5.42. The van der Waals surface area contributed by atoms with Gasteiger partial charge in [-0.2, -0.15) is 0 Å². The smallest absolute Gasteiger partial charge is 0.171 e. The molecule has 2 aromatic rings. The Morgan fingerprint density at radius 1 is 0.920 bits per heavy atom. The molecule has 134 valence electrons. The predicted molar refractivity (Wildman–Crippen MR) is 102 cm³/mol. The maximum atomic E-state index is 5.69. The Kier molecular flexibility index (Phi) is 7.16. The van der Waals surface area contributed by atoms with Crippen molar-refractivity contribution in [2.45, 2.75) is 0 Å². The molecule has 0 aliphatic carbocycles. The average Bonchev–Trinajstić information content (AvgIpc) is 2.65. The Bertz CT molecular complexity index is 709. The molecule has 0 saturated carbocycles. The zero-order valence-corrected chi connectivity index (χ0v) is 15.3. The molecule has 2 aromatic carbocycles. The van der Waals surface area contributed by atoms with Gasteiger partial charge in [-0.25, -0.2) is 0 Å². The van der Waals surface area contributed by atoms with Crippen LogP contribution in [0.2, 0.25) is 0 Å². The van der Waals surface area contributed by atoms with Crippen molar-refractivity contribution in [1.82, 2.24) is 5.32 Å². The third-order valence-corrected chi connectivity index (χ3v) is 3.62. The Morgan fingerprint density at radius 2 is 1.64 bits per heavy atom. The van der Waals surface area contributed by atoms with E-state index in [0.717, 1.165) is 5.69 Å². The van der Waals surface area contributed by atoms with Crippen LogP contribution in [0.15, 0.2) is 42.5 Å². The van der Waals surface area contributed by atoms with E-state index in [4.69, 9.17) is 31.2 Å². The first-order valence-electron chi connectivity index (χ1n) is 7.70. The van der Waals surface area contributed by atoms with Crippen LogP contribution < -0.4 is 29.6 Å². The summed E-state index contributed by atoms with van der Waals surface area (Å²) in [6.07, 6.45) is 0. The lowest BCUT2D eigenvalue weighted by atomic mass is 10.2. The van der Waals surface area contributed by atoms with E-state index in [9.17, 15) is 0 Å². The monoisotopic (exact) mass is 362 g/mol. The van der Waals surface area contributed by atoms with Gasteiger partial charge in [-0.05, 0) is 36.5 Å². The van der Waals surface area contributed by atoms with Gasteiger partial charge < -0.3 is 29.6 Å². The zero-order valence-electron chi connectivity index (χ0n) is 14.5. The number of anilines is 1. The number of nitrogens with one attached hydrogen (secondary N) is 2. The normalized spacial score (nSPS) is 9.88. The number of benzene rings is 2. The van der Waals surface area contributed by atoms with E-state index in [1.54, 1.807) is 21.3 Å². The summed E-state index contributed by atoms with van der Waals surface area (Å²) in [6, 6.07) is 13.0. The summed E-state index contributed by atoms with van der Waals surface area (Å²) in [5.41, 5.74) is 0.727. The highest BCUT2D eigenvalue weighted by Gasteiger charge is 2.07. The van der Waals surface area contributed by atoms with Crippen molar-refractivity contribution in [2.75, 3.05) is 39.8 Å². The molecule has 0 unspecified atom stereocenters. The molecule has 0 fully saturated rings. The van der Waals surface area contributed by atoms with E-state index < -0.39 is 0 Å². The lowest BCUT2D eigenvalue weighted by Gasteiger charge is -2.15. The highest BCUT2D eigenvalue weighted by molar-refractivity contribution is 7.80. The fourth-order valence-electron chi connectivity index (χ4n) is 2.14. The molecule has 0 saturated heterocycles. The van der Waals surface area contributed by atoms with Gasteiger partial charge in [0.2, 0.25) is 0 Å². The van der Waals surface area contributed by atoms with Crippen LogP contribution in [-0.4, -0.2) is 39.6 Å². The number of rotatable bonds is 8. The van der Waals surface area contributed by atoms with Crippen molar-refractivity contribution in [3.8, 4) is 23.0 Å². The van der Waals surface area contributed by atoms with Crippen LogP contribution in [0.25, 0.3) is 0 Å². The predicted octanol–water partition coefficient (Wildman–Crippen LogP) is 3.08. The van der Waals surface area contributed by atoms with E-state index in [1.165, 1.54) is 0 Å². The van der Waals surface area contributed by atoms with Crippen LogP contribution in [0.3, 0.4) is 0 Å². The van der Waals surface area contributed by atoms with Crippen LogP contribution in [0.1, 0.15) is 0 Å². The van der Waals surface area contributed by atoms with Crippen molar-refractivity contribution in [3.63, 3.8) is 0 Å². The van der Waals surface area contributed by atoms with Crippen molar-refractivity contribution in [1.29, 1.82) is 0 Å². The van der Waals surface area contributed by atoms with Gasteiger partial charge in [-0.15, -0.1) is 0 Å². The molecule has 0 amide bonds. The number of thiocarbonyl (C=S) groups is 1. The van der Waals surface area contributed by atoms with E-state index in [-0.39, 0.29) is 0 Å². The number of hydrogen-bond acceptors (Lipinski definition) is 5. The van der Waals surface area contributed by atoms with Crippen LogP contribution in [0, 0.1) is 0 Å². The summed E-state index contributed by atoms with van der Waals surface area (Å²) in [4.78, 5) is 0. The average molecular weight is 362 g/mol. The van der Waals surface area contributed by atoms with Crippen LogP contribution >= 0.6 is 12.2 Å². The molecule has 0 radical (unpaired) electrons. The molecule has 0 aromatic heterocycles. The molecule has 0 atom stereocenters. The van der Waals surface area contributed by atoms with Crippen molar-refractivity contribution in [2.24, 2.45) is 0 Å². The molecule has 0 spiro atoms. The van der Waals surface area contributed by atoms with Gasteiger partial charge >= 0.3 is 0 Å². The zero-order chi connectivity index (χ0) is 18.1. The van der Waals surface area contributed by atoms with Gasteiger partial charge in [0.25, 0.3) is 0 Å². The molecule has 25 heavy (non-hydrogen) atoms. The van der Waals surface area contributed by atoms with Crippen molar-refractivity contribution in [3.05, 3.63) is 42.5 Å². The molecule has 0 aliphatic rings. The molecule has 6 nitrogen and oxygen atoms in total. The van der Waals surface area contributed by atoms with E-state index in [2.05, 4.69) is 10.6 Å². The maximum Gasteiger partial charge on any atom is 0.171 e. The van der Waals surface area contributed by atoms with Crippen molar-refractivity contribution >= 4 is 23.0 Å². The number of para-hydroxylation sites is 2. The first-order chi connectivity index (χ1) is 12.2. The third-order valence-electron chi connectivity index (χ3n) is 3.37. The lowest BCUT2D eigenvalue weighted by molar-refractivity contribution is 0.298. The fraction of sp³-hybridized carbons (Fsp3) is 0.278. The minimum Gasteiger partial charge on any atom is -0.497 e. The van der Waals surface area contributed by atoms with Gasteiger partial charge in [0.05, 0.1) is 33.6 Å². The Balaban J connectivity index is 1.83. The van der Waals surface area contributed by atoms with Crippen molar-refractivity contribution < 1.29 is 18.9 Å². The summed E-state index contributed by atoms with van der Waals surface area (Å²) in [5, 5.41) is 6.65. The molecule has 0 heterocycles. The molecule has 2 N–H and O–H groups in total. The first kappa shape index (κ1) is 18.7. The largest absolute Gasteiger partial charge is 0.497 e. The highest BCUT2D eigenvalue weighted by Crippen LogP contribution is 2.28. The number of methoxy groups -OCH3 is 3. The summed E-state index contributed by atoms with van der Waals surface area (Å²) >= 11 is 5.30. The van der Waals surface area contributed by atoms with E-state index in [1.807, 2.05) is 42.5 Å². The van der Waals surface area contributed by atoms with Gasteiger partial charge in [-0.3, -0.25) is 0 Å². The molecular weight excluding hydrogens is 340 g/mol. The molecule has 7 heteroatoms. The Labute approximate surface area is 153 Å². The van der Waals surface area contributed by atoms with Crippen LogP contribution in [0.4, 0.5) is 5.69 Å². The molecule has 2 rings (SSSR count). The second-order valence-corrected chi connectivity index (χ2v) is 5.35. The standard InChI is InChI=1S/C18H22N2O4S/c1-21-13-8-9-15(22-2)14(12-13)20-18(25)19-10-11-24-17-7-5-4-6-16(17)23-3/h4-9,12H,10-11H2,1-3H3,(H2,19,20,25). The second kappa shape index (κ2) is 9.58. The fourth-order valence-corrected chi connectivity index (χ4v) is 2.35.